The first-order chi connectivity index (χ1) is 7.98. The van der Waals surface area contributed by atoms with Gasteiger partial charge in [-0.15, -0.1) is 0 Å². The first kappa shape index (κ1) is 12.6. The molecule has 1 aliphatic carbocycles. The molecule has 0 atom stereocenters. The lowest BCUT2D eigenvalue weighted by Gasteiger charge is -2.39. The molecular weight excluding hydrogens is 285 g/mol. The molecule has 0 heterocycles. The van der Waals surface area contributed by atoms with Crippen molar-refractivity contribution < 1.29 is 9.18 Å². The standard InChI is InChI=1S/C13H15BrFNO/c1-13(5-2-6-13)16-12(17)8-9-7-10(14)3-4-11(9)15/h3-4,7H,2,5-6,8H2,1H3,(H,16,17). The minimum absolute atomic E-state index is 0.0699. The van der Waals surface area contributed by atoms with Crippen LogP contribution in [0.25, 0.3) is 0 Å². The lowest BCUT2D eigenvalue weighted by Crippen LogP contribution is -2.51. The summed E-state index contributed by atoms with van der Waals surface area (Å²) in [6.07, 6.45) is 3.28. The molecule has 2 nitrogen and oxygen atoms in total. The Kier molecular flexibility index (Phi) is 3.52. The smallest absolute Gasteiger partial charge is 0.224 e. The zero-order valence-electron chi connectivity index (χ0n) is 9.72. The second-order valence-electron chi connectivity index (χ2n) is 4.87. The molecule has 0 spiro atoms. The van der Waals surface area contributed by atoms with Crippen LogP contribution in [0, 0.1) is 5.82 Å². The lowest BCUT2D eigenvalue weighted by molar-refractivity contribution is -0.123. The van der Waals surface area contributed by atoms with Crippen molar-refractivity contribution in [2.75, 3.05) is 0 Å². The molecule has 17 heavy (non-hydrogen) atoms. The van der Waals surface area contributed by atoms with Crippen molar-refractivity contribution in [1.82, 2.24) is 5.32 Å². The molecule has 1 N–H and O–H groups in total. The van der Waals surface area contributed by atoms with Crippen LogP contribution >= 0.6 is 15.9 Å². The predicted octanol–water partition coefficient (Wildman–Crippen LogP) is 3.19. The van der Waals surface area contributed by atoms with Crippen LogP contribution in [-0.4, -0.2) is 11.4 Å². The number of halogens is 2. The molecule has 1 fully saturated rings. The van der Waals surface area contributed by atoms with Crippen molar-refractivity contribution in [3.63, 3.8) is 0 Å². The van der Waals surface area contributed by atoms with Crippen LogP contribution in [0.5, 0.6) is 0 Å². The Hall–Kier alpha value is -0.900. The van der Waals surface area contributed by atoms with E-state index in [1.165, 1.54) is 6.07 Å². The van der Waals surface area contributed by atoms with Gasteiger partial charge in [0.05, 0.1) is 6.42 Å². The van der Waals surface area contributed by atoms with Crippen molar-refractivity contribution in [2.24, 2.45) is 0 Å². The maximum absolute atomic E-state index is 13.5. The third kappa shape index (κ3) is 3.06. The summed E-state index contributed by atoms with van der Waals surface area (Å²) in [6.45, 7) is 2.03. The molecule has 1 aromatic carbocycles. The van der Waals surface area contributed by atoms with Gasteiger partial charge in [-0.2, -0.15) is 0 Å². The summed E-state index contributed by atoms with van der Waals surface area (Å²) in [6, 6.07) is 4.65. The monoisotopic (exact) mass is 299 g/mol. The molecule has 1 saturated carbocycles. The Morgan fingerprint density at radius 3 is 2.82 bits per heavy atom. The maximum atomic E-state index is 13.5. The Labute approximate surface area is 109 Å². The average molecular weight is 300 g/mol. The molecule has 4 heteroatoms. The van der Waals surface area contributed by atoms with Gasteiger partial charge in [-0.05, 0) is 49.9 Å². The molecule has 92 valence electrons. The van der Waals surface area contributed by atoms with Gasteiger partial charge in [-0.3, -0.25) is 4.79 Å². The van der Waals surface area contributed by atoms with Gasteiger partial charge < -0.3 is 5.32 Å². The summed E-state index contributed by atoms with van der Waals surface area (Å²) >= 11 is 3.27. The van der Waals surface area contributed by atoms with E-state index in [1.54, 1.807) is 12.1 Å². The minimum Gasteiger partial charge on any atom is -0.351 e. The normalized spacial score (nSPS) is 17.4. The van der Waals surface area contributed by atoms with Crippen LogP contribution in [0.4, 0.5) is 4.39 Å². The van der Waals surface area contributed by atoms with Gasteiger partial charge in [-0.25, -0.2) is 4.39 Å². The second-order valence-corrected chi connectivity index (χ2v) is 5.79. The van der Waals surface area contributed by atoms with Crippen molar-refractivity contribution in [2.45, 2.75) is 38.1 Å². The van der Waals surface area contributed by atoms with Crippen LogP contribution in [0.15, 0.2) is 22.7 Å². The fourth-order valence-corrected chi connectivity index (χ4v) is 2.47. The highest BCUT2D eigenvalue weighted by Crippen LogP contribution is 2.31. The minimum atomic E-state index is -0.331. The first-order valence-corrected chi connectivity index (χ1v) is 6.53. The summed E-state index contributed by atoms with van der Waals surface area (Å²) in [5, 5.41) is 2.97. The molecule has 0 radical (unpaired) electrons. The number of carbonyl (C=O) groups excluding carboxylic acids is 1. The SMILES string of the molecule is CC1(NC(=O)Cc2cc(Br)ccc2F)CCC1. The highest BCUT2D eigenvalue weighted by atomic mass is 79.9. The van der Waals surface area contributed by atoms with Gasteiger partial charge >= 0.3 is 0 Å². The zero-order chi connectivity index (χ0) is 12.5. The van der Waals surface area contributed by atoms with Crippen molar-refractivity contribution in [3.05, 3.63) is 34.1 Å². The van der Waals surface area contributed by atoms with E-state index in [-0.39, 0.29) is 23.7 Å². The van der Waals surface area contributed by atoms with Gasteiger partial charge in [0, 0.05) is 10.0 Å². The van der Waals surface area contributed by atoms with Gasteiger partial charge in [0.15, 0.2) is 0 Å². The number of nitrogens with one attached hydrogen (secondary N) is 1. The van der Waals surface area contributed by atoms with E-state index < -0.39 is 0 Å². The number of carbonyl (C=O) groups is 1. The van der Waals surface area contributed by atoms with E-state index >= 15 is 0 Å². The summed E-state index contributed by atoms with van der Waals surface area (Å²) in [5.74, 6) is -0.439. The molecule has 0 aliphatic heterocycles. The Morgan fingerprint density at radius 1 is 1.53 bits per heavy atom. The van der Waals surface area contributed by atoms with E-state index in [9.17, 15) is 9.18 Å². The molecule has 0 saturated heterocycles. The summed E-state index contributed by atoms with van der Waals surface area (Å²) < 4.78 is 14.2. The van der Waals surface area contributed by atoms with Crippen LogP contribution in [0.3, 0.4) is 0 Å². The third-order valence-corrected chi connectivity index (χ3v) is 3.75. The van der Waals surface area contributed by atoms with Gasteiger partial charge in [0.2, 0.25) is 5.91 Å². The molecule has 2 rings (SSSR count). The number of amides is 1. The fraction of sp³-hybridized carbons (Fsp3) is 0.462. The Balaban J connectivity index is 2.00. The summed E-state index contributed by atoms with van der Waals surface area (Å²) in [4.78, 5) is 11.8. The van der Waals surface area contributed by atoms with E-state index in [1.807, 2.05) is 6.92 Å². The number of rotatable bonds is 3. The van der Waals surface area contributed by atoms with Gasteiger partial charge in [0.1, 0.15) is 5.82 Å². The van der Waals surface area contributed by atoms with E-state index in [0.29, 0.717) is 5.56 Å². The summed E-state index contributed by atoms with van der Waals surface area (Å²) in [7, 11) is 0. The number of hydrogen-bond acceptors (Lipinski definition) is 1. The van der Waals surface area contributed by atoms with Crippen molar-refractivity contribution >= 4 is 21.8 Å². The van der Waals surface area contributed by atoms with Crippen molar-refractivity contribution in [1.29, 1.82) is 0 Å². The first-order valence-electron chi connectivity index (χ1n) is 5.73. The lowest BCUT2D eigenvalue weighted by atomic mass is 9.78. The quantitative estimate of drug-likeness (QED) is 0.912. The highest BCUT2D eigenvalue weighted by Gasteiger charge is 2.33. The molecule has 0 aromatic heterocycles. The predicted molar refractivity (Wildman–Crippen MR) is 68.2 cm³/mol. The van der Waals surface area contributed by atoms with Gasteiger partial charge in [0.25, 0.3) is 0 Å². The maximum Gasteiger partial charge on any atom is 0.224 e. The van der Waals surface area contributed by atoms with Crippen molar-refractivity contribution in [3.8, 4) is 0 Å². The fourth-order valence-electron chi connectivity index (χ4n) is 2.06. The Bertz CT molecular complexity index is 443. The van der Waals surface area contributed by atoms with Crippen LogP contribution < -0.4 is 5.32 Å². The van der Waals surface area contributed by atoms with E-state index in [2.05, 4.69) is 21.2 Å². The largest absolute Gasteiger partial charge is 0.351 e. The van der Waals surface area contributed by atoms with Crippen LogP contribution in [0.1, 0.15) is 31.7 Å². The zero-order valence-corrected chi connectivity index (χ0v) is 11.3. The number of benzene rings is 1. The molecule has 0 unspecified atom stereocenters. The molecular formula is C13H15BrFNO. The summed E-state index contributed by atoms with van der Waals surface area (Å²) in [5.41, 5.74) is 0.360. The molecule has 1 amide bonds. The molecule has 1 aromatic rings. The second kappa shape index (κ2) is 4.77. The van der Waals surface area contributed by atoms with Crippen LogP contribution in [0.2, 0.25) is 0 Å². The topological polar surface area (TPSA) is 29.1 Å². The Morgan fingerprint density at radius 2 is 2.24 bits per heavy atom. The average Bonchev–Trinajstić information content (AvgIpc) is 2.21. The third-order valence-electron chi connectivity index (χ3n) is 3.26. The highest BCUT2D eigenvalue weighted by molar-refractivity contribution is 9.10. The molecule has 1 aliphatic rings. The van der Waals surface area contributed by atoms with Crippen LogP contribution in [-0.2, 0) is 11.2 Å². The van der Waals surface area contributed by atoms with E-state index in [0.717, 1.165) is 23.7 Å². The van der Waals surface area contributed by atoms with Gasteiger partial charge in [-0.1, -0.05) is 15.9 Å². The number of hydrogen-bond donors (Lipinski definition) is 1. The molecule has 0 bridgehead atoms. The van der Waals surface area contributed by atoms with E-state index in [4.69, 9.17) is 0 Å².